The number of non-ortho nitro benzene ring substituents is 1. The van der Waals surface area contributed by atoms with Gasteiger partial charge in [-0.1, -0.05) is 11.6 Å². The standard InChI is InChI=1S/C12H10ClNO3/c13-11-5-4-10(14(16)17)7-9(11)3-6-12(15)8-1-2-8/h3-8H,1-2H2. The molecule has 0 aliphatic heterocycles. The van der Waals surface area contributed by atoms with Crippen LogP contribution in [0.5, 0.6) is 0 Å². The van der Waals surface area contributed by atoms with Crippen LogP contribution in [-0.4, -0.2) is 10.7 Å². The van der Waals surface area contributed by atoms with Crippen molar-refractivity contribution in [3.05, 3.63) is 45.0 Å². The molecule has 0 saturated heterocycles. The van der Waals surface area contributed by atoms with Crippen molar-refractivity contribution >= 4 is 29.1 Å². The highest BCUT2D eigenvalue weighted by Crippen LogP contribution is 2.31. The van der Waals surface area contributed by atoms with Gasteiger partial charge in [-0.15, -0.1) is 0 Å². The van der Waals surface area contributed by atoms with Gasteiger partial charge in [0.1, 0.15) is 0 Å². The Morgan fingerprint density at radius 1 is 1.47 bits per heavy atom. The van der Waals surface area contributed by atoms with Crippen LogP contribution in [0.15, 0.2) is 24.3 Å². The van der Waals surface area contributed by atoms with Gasteiger partial charge in [0.25, 0.3) is 5.69 Å². The zero-order valence-electron chi connectivity index (χ0n) is 8.93. The molecule has 0 radical (unpaired) electrons. The largest absolute Gasteiger partial charge is 0.295 e. The molecule has 0 unspecified atom stereocenters. The van der Waals surface area contributed by atoms with Crippen LogP contribution in [0.4, 0.5) is 5.69 Å². The van der Waals surface area contributed by atoms with E-state index in [1.807, 2.05) is 0 Å². The van der Waals surface area contributed by atoms with E-state index < -0.39 is 4.92 Å². The number of allylic oxidation sites excluding steroid dienone is 1. The fraction of sp³-hybridized carbons (Fsp3) is 0.250. The molecule has 0 heterocycles. The lowest BCUT2D eigenvalue weighted by Crippen LogP contribution is -1.94. The van der Waals surface area contributed by atoms with Gasteiger partial charge in [0.05, 0.1) is 4.92 Å². The van der Waals surface area contributed by atoms with Crippen molar-refractivity contribution in [1.29, 1.82) is 0 Å². The van der Waals surface area contributed by atoms with E-state index in [4.69, 9.17) is 11.6 Å². The quantitative estimate of drug-likeness (QED) is 0.469. The summed E-state index contributed by atoms with van der Waals surface area (Å²) in [5.74, 6) is 0.205. The van der Waals surface area contributed by atoms with E-state index in [0.29, 0.717) is 10.6 Å². The number of nitrogens with zero attached hydrogens (tertiary/aromatic N) is 1. The molecule has 0 aromatic heterocycles. The highest BCUT2D eigenvalue weighted by atomic mass is 35.5. The second-order valence-corrected chi connectivity index (χ2v) is 4.38. The number of halogens is 1. The van der Waals surface area contributed by atoms with Crippen molar-refractivity contribution < 1.29 is 9.72 Å². The van der Waals surface area contributed by atoms with Crippen molar-refractivity contribution in [2.24, 2.45) is 5.92 Å². The number of carbonyl (C=O) groups is 1. The number of rotatable bonds is 4. The van der Waals surface area contributed by atoms with Crippen molar-refractivity contribution in [3.63, 3.8) is 0 Å². The number of benzene rings is 1. The number of hydrogen-bond donors (Lipinski definition) is 0. The van der Waals surface area contributed by atoms with Crippen LogP contribution < -0.4 is 0 Å². The number of nitro benzene ring substituents is 1. The molecule has 1 fully saturated rings. The SMILES string of the molecule is O=C(C=Cc1cc([N+](=O)[O-])ccc1Cl)C1CC1. The van der Waals surface area contributed by atoms with E-state index in [0.717, 1.165) is 12.8 Å². The summed E-state index contributed by atoms with van der Waals surface area (Å²) in [5.41, 5.74) is 0.461. The van der Waals surface area contributed by atoms with Crippen molar-refractivity contribution in [2.75, 3.05) is 0 Å². The zero-order valence-corrected chi connectivity index (χ0v) is 9.68. The molecule has 17 heavy (non-hydrogen) atoms. The first kappa shape index (κ1) is 11.8. The van der Waals surface area contributed by atoms with Gasteiger partial charge in [0.15, 0.2) is 5.78 Å². The smallest absolute Gasteiger partial charge is 0.270 e. The minimum absolute atomic E-state index is 0.0343. The van der Waals surface area contributed by atoms with E-state index in [1.165, 1.54) is 30.4 Å². The van der Waals surface area contributed by atoms with Crippen LogP contribution >= 0.6 is 11.6 Å². The van der Waals surface area contributed by atoms with E-state index >= 15 is 0 Å². The topological polar surface area (TPSA) is 60.2 Å². The van der Waals surface area contributed by atoms with Crippen molar-refractivity contribution in [1.82, 2.24) is 0 Å². The molecular formula is C12H10ClNO3. The van der Waals surface area contributed by atoms with E-state index in [2.05, 4.69) is 0 Å². The van der Waals surface area contributed by atoms with Gasteiger partial charge in [0.2, 0.25) is 0 Å². The van der Waals surface area contributed by atoms with Crippen LogP contribution in [0.2, 0.25) is 5.02 Å². The Kier molecular flexibility index (Phi) is 3.24. The fourth-order valence-electron chi connectivity index (χ4n) is 1.45. The molecule has 0 spiro atoms. The first-order valence-electron chi connectivity index (χ1n) is 5.24. The minimum Gasteiger partial charge on any atom is -0.295 e. The van der Waals surface area contributed by atoms with Gasteiger partial charge in [-0.25, -0.2) is 0 Å². The van der Waals surface area contributed by atoms with Crippen LogP contribution in [0.25, 0.3) is 6.08 Å². The molecule has 5 heteroatoms. The minimum atomic E-state index is -0.490. The summed E-state index contributed by atoms with van der Waals surface area (Å²) in [6, 6.07) is 4.16. The lowest BCUT2D eigenvalue weighted by atomic mass is 10.1. The van der Waals surface area contributed by atoms with E-state index in [-0.39, 0.29) is 17.4 Å². The van der Waals surface area contributed by atoms with Gasteiger partial charge in [-0.3, -0.25) is 14.9 Å². The molecule has 4 nitrogen and oxygen atoms in total. The molecule has 1 aliphatic rings. The summed E-state index contributed by atoms with van der Waals surface area (Å²) in [4.78, 5) is 21.5. The lowest BCUT2D eigenvalue weighted by Gasteiger charge is -1.98. The fourth-order valence-corrected chi connectivity index (χ4v) is 1.63. The Hall–Kier alpha value is -1.68. The van der Waals surface area contributed by atoms with Gasteiger partial charge >= 0.3 is 0 Å². The third-order valence-corrected chi connectivity index (χ3v) is 2.94. The van der Waals surface area contributed by atoms with Crippen LogP contribution in [0.1, 0.15) is 18.4 Å². The second kappa shape index (κ2) is 4.67. The summed E-state index contributed by atoms with van der Waals surface area (Å²) < 4.78 is 0. The van der Waals surface area contributed by atoms with Crippen molar-refractivity contribution in [3.8, 4) is 0 Å². The second-order valence-electron chi connectivity index (χ2n) is 3.97. The van der Waals surface area contributed by atoms with Crippen LogP contribution in [-0.2, 0) is 4.79 Å². The maximum Gasteiger partial charge on any atom is 0.270 e. The molecule has 1 aliphatic carbocycles. The third kappa shape index (κ3) is 2.91. The maximum atomic E-state index is 11.4. The average Bonchev–Trinajstić information content (AvgIpc) is 3.11. The van der Waals surface area contributed by atoms with Gasteiger partial charge in [-0.2, -0.15) is 0 Å². The zero-order chi connectivity index (χ0) is 12.4. The summed E-state index contributed by atoms with van der Waals surface area (Å²) >= 11 is 5.89. The molecule has 1 aromatic carbocycles. The Morgan fingerprint density at radius 3 is 2.76 bits per heavy atom. The summed E-state index contributed by atoms with van der Waals surface area (Å²) in [6.45, 7) is 0. The molecule has 1 saturated carbocycles. The van der Waals surface area contributed by atoms with Crippen LogP contribution in [0.3, 0.4) is 0 Å². The summed E-state index contributed by atoms with van der Waals surface area (Å²) in [6.07, 6.45) is 4.86. The highest BCUT2D eigenvalue weighted by Gasteiger charge is 2.27. The molecule has 2 rings (SSSR count). The Balaban J connectivity index is 2.21. The summed E-state index contributed by atoms with van der Waals surface area (Å²) in [7, 11) is 0. The molecule has 88 valence electrons. The number of nitro groups is 1. The molecule has 1 aromatic rings. The Morgan fingerprint density at radius 2 is 2.18 bits per heavy atom. The van der Waals surface area contributed by atoms with Gasteiger partial charge in [0, 0.05) is 23.1 Å². The first-order chi connectivity index (χ1) is 8.08. The third-order valence-electron chi connectivity index (χ3n) is 2.60. The molecule has 0 atom stereocenters. The molecule has 0 N–H and O–H groups in total. The molecule has 0 bridgehead atoms. The van der Waals surface area contributed by atoms with Gasteiger partial charge < -0.3 is 0 Å². The van der Waals surface area contributed by atoms with E-state index in [1.54, 1.807) is 0 Å². The van der Waals surface area contributed by atoms with Crippen LogP contribution in [0, 0.1) is 16.0 Å². The number of carbonyl (C=O) groups excluding carboxylic acids is 1. The summed E-state index contributed by atoms with van der Waals surface area (Å²) in [5, 5.41) is 11.0. The molecule has 0 amide bonds. The predicted molar refractivity (Wildman–Crippen MR) is 64.9 cm³/mol. The molecular weight excluding hydrogens is 242 g/mol. The normalized spacial score (nSPS) is 15.1. The van der Waals surface area contributed by atoms with Crippen molar-refractivity contribution in [2.45, 2.75) is 12.8 Å². The number of hydrogen-bond acceptors (Lipinski definition) is 3. The van der Waals surface area contributed by atoms with Gasteiger partial charge in [-0.05, 0) is 36.6 Å². The lowest BCUT2D eigenvalue weighted by molar-refractivity contribution is -0.384. The first-order valence-corrected chi connectivity index (χ1v) is 5.61. The predicted octanol–water partition coefficient (Wildman–Crippen LogP) is 3.24. The monoisotopic (exact) mass is 251 g/mol. The number of ketones is 1. The highest BCUT2D eigenvalue weighted by molar-refractivity contribution is 6.32. The maximum absolute atomic E-state index is 11.4. The van der Waals surface area contributed by atoms with E-state index in [9.17, 15) is 14.9 Å². The average molecular weight is 252 g/mol. The Labute approximate surface area is 103 Å². The Bertz CT molecular complexity index is 506.